The highest BCUT2D eigenvalue weighted by atomic mass is 35.5. The number of aromatic amines is 1. The molecule has 0 unspecified atom stereocenters. The zero-order valence-corrected chi connectivity index (χ0v) is 24.0. The standard InChI is InChI=1S/C17H15ClN2O4S.C10H9ClN2O2/c1-3-24-17(21)14-10-19-16-13(15(14)18)8-9-20(16)25(22,23)12-6-4-11(2)5-7-12;1-2-15-10(14)7-5-13-9-6(8(7)11)3-4-12-9/h4-10H,3H2,1-2H3;3-5H,2H2,1H3,(H,12,13). The summed E-state index contributed by atoms with van der Waals surface area (Å²) in [5.41, 5.74) is 2.16. The molecule has 0 bridgehead atoms. The number of aryl methyl sites for hydroxylation is 1. The Morgan fingerprint density at radius 1 is 0.875 bits per heavy atom. The van der Waals surface area contributed by atoms with Crippen molar-refractivity contribution in [1.82, 2.24) is 18.9 Å². The summed E-state index contributed by atoms with van der Waals surface area (Å²) < 4.78 is 36.5. The van der Waals surface area contributed by atoms with Crippen LogP contribution in [0.1, 0.15) is 40.1 Å². The average Bonchev–Trinajstić information content (AvgIpc) is 3.59. The summed E-state index contributed by atoms with van der Waals surface area (Å²) in [6, 6.07) is 9.79. The van der Waals surface area contributed by atoms with Gasteiger partial charge in [-0.2, -0.15) is 0 Å². The molecule has 5 rings (SSSR count). The zero-order valence-electron chi connectivity index (χ0n) is 21.6. The fraction of sp³-hybridized carbons (Fsp3) is 0.185. The molecule has 40 heavy (non-hydrogen) atoms. The maximum Gasteiger partial charge on any atom is 0.341 e. The molecular formula is C27H24Cl2N4O6S. The van der Waals surface area contributed by atoms with Crippen molar-refractivity contribution in [2.75, 3.05) is 13.2 Å². The van der Waals surface area contributed by atoms with Gasteiger partial charge in [-0.25, -0.2) is 31.9 Å². The van der Waals surface area contributed by atoms with Gasteiger partial charge in [-0.3, -0.25) is 0 Å². The molecule has 1 N–H and O–H groups in total. The van der Waals surface area contributed by atoms with Gasteiger partial charge in [0.2, 0.25) is 0 Å². The Morgan fingerprint density at radius 3 is 2.05 bits per heavy atom. The van der Waals surface area contributed by atoms with Crippen LogP contribution in [0, 0.1) is 6.92 Å². The number of esters is 2. The average molecular weight is 603 g/mol. The number of aromatic nitrogens is 4. The van der Waals surface area contributed by atoms with Crippen LogP contribution in [0.25, 0.3) is 22.1 Å². The van der Waals surface area contributed by atoms with E-state index in [1.54, 1.807) is 38.2 Å². The number of nitrogens with zero attached hydrogens (tertiary/aromatic N) is 3. The smallest absolute Gasteiger partial charge is 0.341 e. The number of ether oxygens (including phenoxy) is 2. The Labute approximate surface area is 239 Å². The Kier molecular flexibility index (Phi) is 8.77. The van der Waals surface area contributed by atoms with Crippen LogP contribution in [0.2, 0.25) is 10.0 Å². The number of fused-ring (bicyclic) bond motifs is 2. The number of pyridine rings is 2. The Morgan fingerprint density at radius 2 is 1.45 bits per heavy atom. The lowest BCUT2D eigenvalue weighted by Gasteiger charge is -2.09. The summed E-state index contributed by atoms with van der Waals surface area (Å²) in [7, 11) is -3.82. The lowest BCUT2D eigenvalue weighted by atomic mass is 10.2. The van der Waals surface area contributed by atoms with Crippen LogP contribution in [0.3, 0.4) is 0 Å². The van der Waals surface area contributed by atoms with Gasteiger partial charge in [-0.1, -0.05) is 40.9 Å². The topological polar surface area (TPSA) is 133 Å². The first-order valence-corrected chi connectivity index (χ1v) is 14.2. The molecular weight excluding hydrogens is 579 g/mol. The first-order valence-electron chi connectivity index (χ1n) is 12.0. The van der Waals surface area contributed by atoms with Crippen molar-refractivity contribution in [3.8, 4) is 0 Å². The summed E-state index contributed by atoms with van der Waals surface area (Å²) in [6.45, 7) is 5.83. The lowest BCUT2D eigenvalue weighted by molar-refractivity contribution is 0.0516. The number of nitrogens with one attached hydrogen (secondary N) is 1. The van der Waals surface area contributed by atoms with Gasteiger partial charge >= 0.3 is 11.9 Å². The highest BCUT2D eigenvalue weighted by molar-refractivity contribution is 7.90. The number of hydrogen-bond acceptors (Lipinski definition) is 8. The van der Waals surface area contributed by atoms with Crippen LogP contribution < -0.4 is 0 Å². The molecule has 0 aliphatic rings. The van der Waals surface area contributed by atoms with Crippen molar-refractivity contribution < 1.29 is 27.5 Å². The van der Waals surface area contributed by atoms with Gasteiger partial charge in [-0.15, -0.1) is 0 Å². The molecule has 4 heterocycles. The van der Waals surface area contributed by atoms with E-state index in [4.69, 9.17) is 32.7 Å². The Hall–Kier alpha value is -3.93. The molecule has 0 saturated heterocycles. The van der Waals surface area contributed by atoms with E-state index in [0.717, 1.165) is 14.9 Å². The van der Waals surface area contributed by atoms with Crippen molar-refractivity contribution in [3.63, 3.8) is 0 Å². The summed E-state index contributed by atoms with van der Waals surface area (Å²) in [5, 5.41) is 1.58. The molecule has 10 nitrogen and oxygen atoms in total. The maximum atomic E-state index is 12.8. The molecule has 0 aliphatic carbocycles. The number of H-pyrrole nitrogens is 1. The van der Waals surface area contributed by atoms with Gasteiger partial charge in [0, 0.05) is 35.6 Å². The van der Waals surface area contributed by atoms with Crippen molar-refractivity contribution >= 4 is 67.2 Å². The predicted molar refractivity (Wildman–Crippen MR) is 152 cm³/mol. The third kappa shape index (κ3) is 5.67. The molecule has 4 aromatic heterocycles. The first kappa shape index (κ1) is 29.1. The monoisotopic (exact) mass is 602 g/mol. The number of benzene rings is 1. The number of rotatable bonds is 6. The van der Waals surface area contributed by atoms with E-state index in [2.05, 4.69) is 15.0 Å². The van der Waals surface area contributed by atoms with E-state index < -0.39 is 22.0 Å². The molecule has 208 valence electrons. The molecule has 0 spiro atoms. The molecule has 5 aromatic rings. The van der Waals surface area contributed by atoms with Gasteiger partial charge in [0.05, 0.1) is 39.3 Å². The van der Waals surface area contributed by atoms with Gasteiger partial charge in [0.1, 0.15) is 5.65 Å². The highest BCUT2D eigenvalue weighted by Gasteiger charge is 2.23. The van der Waals surface area contributed by atoms with Crippen molar-refractivity contribution in [2.45, 2.75) is 25.7 Å². The summed E-state index contributed by atoms with van der Waals surface area (Å²) in [6.07, 6.45) is 5.73. The van der Waals surface area contributed by atoms with Crippen LogP contribution in [0.5, 0.6) is 0 Å². The maximum absolute atomic E-state index is 12.8. The van der Waals surface area contributed by atoms with Crippen molar-refractivity contribution in [1.29, 1.82) is 0 Å². The van der Waals surface area contributed by atoms with Crippen LogP contribution in [-0.2, 0) is 19.5 Å². The minimum absolute atomic E-state index is 0.0986. The molecule has 1 aromatic carbocycles. The summed E-state index contributed by atoms with van der Waals surface area (Å²) in [4.78, 5) is 34.6. The van der Waals surface area contributed by atoms with Crippen molar-refractivity contribution in [3.05, 3.63) is 87.9 Å². The number of halogens is 2. The van der Waals surface area contributed by atoms with Crippen LogP contribution in [0.15, 0.2) is 66.1 Å². The minimum atomic E-state index is -3.82. The second-order valence-electron chi connectivity index (χ2n) is 8.32. The molecule has 0 aliphatic heterocycles. The fourth-order valence-corrected chi connectivity index (χ4v) is 5.58. The second kappa shape index (κ2) is 12.1. The van der Waals surface area contributed by atoms with Gasteiger partial charge in [0.25, 0.3) is 10.0 Å². The van der Waals surface area contributed by atoms with Crippen LogP contribution in [-0.4, -0.2) is 52.5 Å². The fourth-order valence-electron chi connectivity index (χ4n) is 3.73. The Bertz CT molecular complexity index is 1810. The number of carbonyl (C=O) groups is 2. The lowest BCUT2D eigenvalue weighted by Crippen LogP contribution is -2.13. The minimum Gasteiger partial charge on any atom is -0.462 e. The normalized spacial score (nSPS) is 11.2. The molecule has 0 amide bonds. The van der Waals surface area contributed by atoms with Crippen LogP contribution >= 0.6 is 23.2 Å². The van der Waals surface area contributed by atoms with Gasteiger partial charge in [-0.05, 0) is 45.0 Å². The molecule has 0 fully saturated rings. The Balaban J connectivity index is 0.000000210. The molecule has 13 heteroatoms. The number of carbonyl (C=O) groups excluding carboxylic acids is 2. The zero-order chi connectivity index (χ0) is 29.0. The van der Waals surface area contributed by atoms with E-state index >= 15 is 0 Å². The quantitative estimate of drug-likeness (QED) is 0.241. The summed E-state index contributed by atoms with van der Waals surface area (Å²) >= 11 is 12.3. The highest BCUT2D eigenvalue weighted by Crippen LogP contribution is 2.29. The van der Waals surface area contributed by atoms with Crippen molar-refractivity contribution in [2.24, 2.45) is 0 Å². The number of hydrogen-bond donors (Lipinski definition) is 1. The second-order valence-corrected chi connectivity index (χ2v) is 10.9. The third-order valence-corrected chi connectivity index (χ3v) is 8.20. The van der Waals surface area contributed by atoms with E-state index in [1.165, 1.54) is 36.8 Å². The van der Waals surface area contributed by atoms with E-state index in [1.807, 2.05) is 6.92 Å². The summed E-state index contributed by atoms with van der Waals surface area (Å²) in [5.74, 6) is -1.05. The predicted octanol–water partition coefficient (Wildman–Crippen LogP) is 5.80. The third-order valence-electron chi connectivity index (χ3n) is 5.70. The van der Waals surface area contributed by atoms with E-state index in [0.29, 0.717) is 28.2 Å². The molecule has 0 saturated carbocycles. The largest absolute Gasteiger partial charge is 0.462 e. The molecule has 0 atom stereocenters. The van der Waals surface area contributed by atoms with E-state index in [9.17, 15) is 18.0 Å². The van der Waals surface area contributed by atoms with Crippen LogP contribution in [0.4, 0.5) is 0 Å². The molecule has 0 radical (unpaired) electrons. The SMILES string of the molecule is CCOC(=O)c1cnc2[nH]ccc2c1Cl.CCOC(=O)c1cnc2c(ccn2S(=O)(=O)c2ccc(C)cc2)c1Cl. The van der Waals surface area contributed by atoms with Gasteiger partial charge in [0.15, 0.2) is 5.65 Å². The first-order chi connectivity index (χ1) is 19.1. The van der Waals surface area contributed by atoms with Gasteiger partial charge < -0.3 is 14.5 Å². The van der Waals surface area contributed by atoms with E-state index in [-0.39, 0.29) is 27.7 Å².